The van der Waals surface area contributed by atoms with Crippen molar-refractivity contribution >= 4 is 29.3 Å². The quantitative estimate of drug-likeness (QED) is 0.303. The van der Waals surface area contributed by atoms with E-state index < -0.39 is 5.97 Å². The molecule has 0 radical (unpaired) electrons. The first-order chi connectivity index (χ1) is 17.2. The summed E-state index contributed by atoms with van der Waals surface area (Å²) < 4.78 is 11.6. The highest BCUT2D eigenvalue weighted by atomic mass is 35.5. The fourth-order valence-corrected chi connectivity index (χ4v) is 3.35. The van der Waals surface area contributed by atoms with Gasteiger partial charge < -0.3 is 30.1 Å². The molecular formula is C26H29ClN4O5. The lowest BCUT2D eigenvalue weighted by molar-refractivity contribution is 0.0690. The minimum Gasteiger partial charge on any atom is -0.491 e. The fraction of sp³-hybridized carbons (Fsp3) is 0.269. The summed E-state index contributed by atoms with van der Waals surface area (Å²) in [5.41, 5.74) is 2.12. The molecule has 0 fully saturated rings. The van der Waals surface area contributed by atoms with Crippen LogP contribution in [0.15, 0.2) is 54.7 Å². The second kappa shape index (κ2) is 12.8. The van der Waals surface area contributed by atoms with E-state index in [0.717, 1.165) is 24.1 Å². The average Bonchev–Trinajstić information content (AvgIpc) is 2.84. The number of carboxylic acid groups (broad SMARTS) is 1. The Bertz CT molecular complexity index is 1200. The number of ether oxygens (including phenoxy) is 2. The van der Waals surface area contributed by atoms with E-state index in [1.807, 2.05) is 21.0 Å². The Kier molecular flexibility index (Phi) is 9.49. The van der Waals surface area contributed by atoms with Crippen molar-refractivity contribution in [1.29, 1.82) is 0 Å². The van der Waals surface area contributed by atoms with Crippen LogP contribution in [0.25, 0.3) is 0 Å². The number of anilines is 1. The number of amides is 2. The van der Waals surface area contributed by atoms with E-state index >= 15 is 0 Å². The van der Waals surface area contributed by atoms with Crippen LogP contribution in [0.1, 0.15) is 28.0 Å². The van der Waals surface area contributed by atoms with Gasteiger partial charge in [0.25, 0.3) is 0 Å². The van der Waals surface area contributed by atoms with Crippen molar-refractivity contribution in [2.45, 2.75) is 19.9 Å². The van der Waals surface area contributed by atoms with Crippen LogP contribution in [0, 0.1) is 6.92 Å². The van der Waals surface area contributed by atoms with E-state index in [1.165, 1.54) is 12.3 Å². The summed E-state index contributed by atoms with van der Waals surface area (Å²) in [4.78, 5) is 29.4. The number of aromatic carboxylic acids is 1. The van der Waals surface area contributed by atoms with Crippen LogP contribution in [0.5, 0.6) is 17.2 Å². The summed E-state index contributed by atoms with van der Waals surface area (Å²) >= 11 is 6.26. The third-order valence-corrected chi connectivity index (χ3v) is 5.49. The number of hydrogen-bond acceptors (Lipinski definition) is 6. The van der Waals surface area contributed by atoms with Gasteiger partial charge in [-0.25, -0.2) is 14.6 Å². The van der Waals surface area contributed by atoms with Gasteiger partial charge >= 0.3 is 12.0 Å². The predicted octanol–water partition coefficient (Wildman–Crippen LogP) is 5.19. The van der Waals surface area contributed by atoms with Crippen molar-refractivity contribution in [2.24, 2.45) is 0 Å². The van der Waals surface area contributed by atoms with Crippen molar-refractivity contribution < 1.29 is 24.2 Å². The maximum Gasteiger partial charge on any atom is 0.354 e. The van der Waals surface area contributed by atoms with E-state index in [-0.39, 0.29) is 18.3 Å². The van der Waals surface area contributed by atoms with Crippen molar-refractivity contribution in [3.63, 3.8) is 0 Å². The molecule has 1 aromatic heterocycles. The number of carbonyl (C=O) groups is 2. The van der Waals surface area contributed by atoms with Gasteiger partial charge in [-0.3, -0.25) is 0 Å². The topological polar surface area (TPSA) is 113 Å². The first kappa shape index (κ1) is 26.8. The third kappa shape index (κ3) is 8.14. The fourth-order valence-electron chi connectivity index (χ4n) is 3.20. The van der Waals surface area contributed by atoms with Crippen molar-refractivity contribution in [2.75, 3.05) is 32.6 Å². The first-order valence-corrected chi connectivity index (χ1v) is 11.7. The number of carboxylic acids is 1. The maximum atomic E-state index is 12.6. The minimum atomic E-state index is -1.13. The van der Waals surface area contributed by atoms with Gasteiger partial charge in [-0.15, -0.1) is 0 Å². The number of nitrogens with zero attached hydrogens (tertiary/aromatic N) is 2. The summed E-state index contributed by atoms with van der Waals surface area (Å²) in [6.45, 7) is 3.54. The Morgan fingerprint density at radius 2 is 1.83 bits per heavy atom. The number of nitrogens with one attached hydrogen (secondary N) is 2. The summed E-state index contributed by atoms with van der Waals surface area (Å²) in [7, 11) is 4.00. The van der Waals surface area contributed by atoms with E-state index in [0.29, 0.717) is 34.6 Å². The standard InChI is InChI=1S/C26H29ClN4O5/c1-17-13-22(24(15-21(17)27)35-12-4-11-31(2)3)30-26(34)29-16-18-5-7-19(8-6-18)36-20-9-10-28-23(14-20)25(32)33/h5-10,13-15H,4,11-12,16H2,1-3H3,(H,32,33)(H2,29,30,34). The molecule has 0 saturated carbocycles. The van der Waals surface area contributed by atoms with Crippen LogP contribution in [0.3, 0.4) is 0 Å². The summed E-state index contributed by atoms with van der Waals surface area (Å²) in [6.07, 6.45) is 2.21. The molecule has 0 bridgehead atoms. The molecule has 0 atom stereocenters. The van der Waals surface area contributed by atoms with Crippen LogP contribution >= 0.6 is 11.6 Å². The molecule has 0 saturated heterocycles. The Labute approximate surface area is 215 Å². The largest absolute Gasteiger partial charge is 0.491 e. The molecule has 0 aliphatic heterocycles. The predicted molar refractivity (Wildman–Crippen MR) is 138 cm³/mol. The number of benzene rings is 2. The molecule has 3 N–H and O–H groups in total. The van der Waals surface area contributed by atoms with Gasteiger partial charge in [-0.2, -0.15) is 0 Å². The van der Waals surface area contributed by atoms with Gasteiger partial charge in [0.2, 0.25) is 0 Å². The van der Waals surface area contributed by atoms with Gasteiger partial charge in [0.15, 0.2) is 5.69 Å². The lowest BCUT2D eigenvalue weighted by Crippen LogP contribution is -2.28. The van der Waals surface area contributed by atoms with Crippen molar-refractivity contribution in [1.82, 2.24) is 15.2 Å². The molecule has 3 rings (SSSR count). The zero-order valence-electron chi connectivity index (χ0n) is 20.4. The van der Waals surface area contributed by atoms with Gasteiger partial charge in [-0.1, -0.05) is 23.7 Å². The summed E-state index contributed by atoms with van der Waals surface area (Å²) in [6, 6.07) is 13.1. The van der Waals surface area contributed by atoms with Crippen LogP contribution in [0.4, 0.5) is 10.5 Å². The lowest BCUT2D eigenvalue weighted by atomic mass is 10.2. The molecule has 10 heteroatoms. The molecule has 0 spiro atoms. The second-order valence-corrected chi connectivity index (χ2v) is 8.75. The molecule has 36 heavy (non-hydrogen) atoms. The van der Waals surface area contributed by atoms with E-state index in [4.69, 9.17) is 26.2 Å². The van der Waals surface area contributed by atoms with E-state index in [1.54, 1.807) is 42.5 Å². The maximum absolute atomic E-state index is 12.6. The Morgan fingerprint density at radius 3 is 2.53 bits per heavy atom. The van der Waals surface area contributed by atoms with Crippen LogP contribution in [0.2, 0.25) is 5.02 Å². The van der Waals surface area contributed by atoms with Gasteiger partial charge in [0.1, 0.15) is 17.2 Å². The minimum absolute atomic E-state index is 0.0997. The monoisotopic (exact) mass is 512 g/mol. The summed E-state index contributed by atoms with van der Waals surface area (Å²) in [5, 5.41) is 15.3. The molecule has 0 unspecified atom stereocenters. The Morgan fingerprint density at radius 1 is 1.08 bits per heavy atom. The SMILES string of the molecule is Cc1cc(NC(=O)NCc2ccc(Oc3ccnc(C(=O)O)c3)cc2)c(OCCCN(C)C)cc1Cl. The zero-order chi connectivity index (χ0) is 26.1. The number of halogens is 1. The van der Waals surface area contributed by atoms with E-state index in [9.17, 15) is 9.59 Å². The molecule has 2 amide bonds. The zero-order valence-corrected chi connectivity index (χ0v) is 21.1. The van der Waals surface area contributed by atoms with E-state index in [2.05, 4.69) is 20.5 Å². The normalized spacial score (nSPS) is 10.7. The average molecular weight is 513 g/mol. The highest BCUT2D eigenvalue weighted by molar-refractivity contribution is 6.31. The number of hydrogen-bond donors (Lipinski definition) is 3. The van der Waals surface area contributed by atoms with Gasteiger partial charge in [0.05, 0.1) is 12.3 Å². The number of pyridine rings is 1. The molecule has 3 aromatic rings. The number of aryl methyl sites for hydroxylation is 1. The van der Waals surface area contributed by atoms with Gasteiger partial charge in [-0.05, 0) is 62.8 Å². The number of urea groups is 1. The smallest absolute Gasteiger partial charge is 0.354 e. The number of aromatic nitrogens is 1. The number of carbonyl (C=O) groups excluding carboxylic acids is 1. The van der Waals surface area contributed by atoms with Crippen LogP contribution in [-0.4, -0.2) is 54.2 Å². The number of rotatable bonds is 11. The highest BCUT2D eigenvalue weighted by Gasteiger charge is 2.12. The third-order valence-electron chi connectivity index (χ3n) is 5.08. The molecular weight excluding hydrogens is 484 g/mol. The molecule has 9 nitrogen and oxygen atoms in total. The molecule has 1 heterocycles. The molecule has 2 aromatic carbocycles. The van der Waals surface area contributed by atoms with Crippen molar-refractivity contribution in [3.05, 3.63) is 76.6 Å². The van der Waals surface area contributed by atoms with Crippen LogP contribution in [-0.2, 0) is 6.54 Å². The molecule has 190 valence electrons. The summed E-state index contributed by atoms with van der Waals surface area (Å²) in [5.74, 6) is 0.282. The van der Waals surface area contributed by atoms with Gasteiger partial charge in [0, 0.05) is 36.4 Å². The molecule has 0 aliphatic rings. The molecule has 0 aliphatic carbocycles. The second-order valence-electron chi connectivity index (χ2n) is 8.34. The highest BCUT2D eigenvalue weighted by Crippen LogP contribution is 2.31. The first-order valence-electron chi connectivity index (χ1n) is 11.3. The Balaban J connectivity index is 1.55. The van der Waals surface area contributed by atoms with Crippen molar-refractivity contribution in [3.8, 4) is 17.2 Å². The van der Waals surface area contributed by atoms with Crippen LogP contribution < -0.4 is 20.1 Å². The lowest BCUT2D eigenvalue weighted by Gasteiger charge is -2.16. The Hall–Kier alpha value is -3.82.